The number of hydrogen-bond acceptors (Lipinski definition) is 4. The van der Waals surface area contributed by atoms with Crippen molar-refractivity contribution in [2.75, 3.05) is 26.7 Å². The van der Waals surface area contributed by atoms with Crippen LogP contribution in [-0.2, 0) is 4.79 Å². The van der Waals surface area contributed by atoms with E-state index in [1.807, 2.05) is 29.5 Å². The molecule has 0 bridgehead atoms. The van der Waals surface area contributed by atoms with Gasteiger partial charge in [0.05, 0.1) is 4.88 Å². The Morgan fingerprint density at radius 3 is 3.00 bits per heavy atom. The molecule has 1 atom stereocenters. The highest BCUT2D eigenvalue weighted by molar-refractivity contribution is 7.12. The van der Waals surface area contributed by atoms with Crippen molar-refractivity contribution >= 4 is 23.0 Å². The molecule has 0 saturated carbocycles. The Morgan fingerprint density at radius 1 is 1.45 bits per heavy atom. The van der Waals surface area contributed by atoms with Crippen molar-refractivity contribution in [3.8, 4) is 0 Å². The summed E-state index contributed by atoms with van der Waals surface area (Å²) < 4.78 is 0. The number of carbonyl (C=O) groups is 2. The van der Waals surface area contributed by atoms with Gasteiger partial charge in [-0.25, -0.2) is 0 Å². The van der Waals surface area contributed by atoms with Crippen LogP contribution in [0.25, 0.3) is 0 Å². The minimum atomic E-state index is 0.0807. The van der Waals surface area contributed by atoms with Gasteiger partial charge in [0.1, 0.15) is 0 Å². The summed E-state index contributed by atoms with van der Waals surface area (Å²) in [6.07, 6.45) is 2.91. The van der Waals surface area contributed by atoms with Gasteiger partial charge in [-0.1, -0.05) is 6.07 Å². The van der Waals surface area contributed by atoms with E-state index in [1.165, 1.54) is 17.8 Å². The van der Waals surface area contributed by atoms with Crippen LogP contribution < -0.4 is 5.32 Å². The first-order chi connectivity index (χ1) is 9.70. The predicted octanol–water partition coefficient (Wildman–Crippen LogP) is 2.17. The fraction of sp³-hybridized carbons (Fsp3) is 0.600. The quantitative estimate of drug-likeness (QED) is 0.818. The number of nitrogens with zero attached hydrogens (tertiary/aromatic N) is 1. The Balaban J connectivity index is 1.78. The number of hydrogen-bond donors (Lipinski definition) is 1. The molecule has 1 aromatic heterocycles. The van der Waals surface area contributed by atoms with Crippen LogP contribution in [0, 0.1) is 5.92 Å². The Bertz CT molecular complexity index is 443. The number of amides is 1. The Labute approximate surface area is 124 Å². The van der Waals surface area contributed by atoms with Gasteiger partial charge in [-0.2, -0.15) is 0 Å². The predicted molar refractivity (Wildman–Crippen MR) is 81.1 cm³/mol. The van der Waals surface area contributed by atoms with E-state index >= 15 is 0 Å². The van der Waals surface area contributed by atoms with Gasteiger partial charge in [0.25, 0.3) is 0 Å². The second-order valence-corrected chi connectivity index (χ2v) is 6.25. The molecule has 1 aliphatic heterocycles. The summed E-state index contributed by atoms with van der Waals surface area (Å²) in [6.45, 7) is 2.62. The number of likely N-dealkylation sites (tertiary alicyclic amines) is 1. The molecule has 1 aromatic rings. The van der Waals surface area contributed by atoms with Crippen LogP contribution in [0.5, 0.6) is 0 Å². The molecule has 2 heterocycles. The molecule has 0 aliphatic carbocycles. The SMILES string of the molecule is CNCC1CCCN(C(=O)CCC(=O)c2cccs2)C1. The zero-order valence-electron chi connectivity index (χ0n) is 11.9. The molecule has 0 spiro atoms. The van der Waals surface area contributed by atoms with E-state index in [4.69, 9.17) is 0 Å². The van der Waals surface area contributed by atoms with Crippen LogP contribution >= 0.6 is 11.3 Å². The lowest BCUT2D eigenvalue weighted by Gasteiger charge is -2.32. The van der Waals surface area contributed by atoms with Gasteiger partial charge in [0, 0.05) is 25.9 Å². The molecule has 1 fully saturated rings. The summed E-state index contributed by atoms with van der Waals surface area (Å²) >= 11 is 1.44. The largest absolute Gasteiger partial charge is 0.342 e. The van der Waals surface area contributed by atoms with Crippen LogP contribution in [0.3, 0.4) is 0 Å². The van der Waals surface area contributed by atoms with E-state index in [0.29, 0.717) is 18.8 Å². The fourth-order valence-electron chi connectivity index (χ4n) is 2.69. The summed E-state index contributed by atoms with van der Waals surface area (Å²) in [5.74, 6) is 0.749. The maximum atomic E-state index is 12.2. The zero-order valence-corrected chi connectivity index (χ0v) is 12.7. The second-order valence-electron chi connectivity index (χ2n) is 5.31. The minimum Gasteiger partial charge on any atom is -0.342 e. The summed E-state index contributed by atoms with van der Waals surface area (Å²) in [5.41, 5.74) is 0. The topological polar surface area (TPSA) is 49.4 Å². The number of Topliss-reactive ketones (excluding diaryl/α,β-unsaturated/α-hetero) is 1. The molecule has 2 rings (SSSR count). The molecule has 20 heavy (non-hydrogen) atoms. The molecule has 0 aromatic carbocycles. The number of rotatable bonds is 6. The molecule has 0 radical (unpaired) electrons. The molecular weight excluding hydrogens is 272 g/mol. The molecular formula is C15H22N2O2S. The van der Waals surface area contributed by atoms with E-state index in [0.717, 1.165) is 30.9 Å². The number of thiophene rings is 1. The Morgan fingerprint density at radius 2 is 2.30 bits per heavy atom. The van der Waals surface area contributed by atoms with Crippen molar-refractivity contribution in [3.05, 3.63) is 22.4 Å². The minimum absolute atomic E-state index is 0.0807. The maximum absolute atomic E-state index is 12.2. The molecule has 1 saturated heterocycles. The third-order valence-electron chi connectivity index (χ3n) is 3.73. The maximum Gasteiger partial charge on any atom is 0.223 e. The lowest BCUT2D eigenvalue weighted by atomic mass is 9.97. The Kier molecular flexibility index (Phi) is 5.73. The van der Waals surface area contributed by atoms with Gasteiger partial charge in [-0.15, -0.1) is 11.3 Å². The van der Waals surface area contributed by atoms with E-state index in [9.17, 15) is 9.59 Å². The van der Waals surface area contributed by atoms with Gasteiger partial charge in [0.2, 0.25) is 5.91 Å². The van der Waals surface area contributed by atoms with Crippen molar-refractivity contribution < 1.29 is 9.59 Å². The van der Waals surface area contributed by atoms with Crippen LogP contribution in [0.1, 0.15) is 35.4 Å². The van der Waals surface area contributed by atoms with E-state index < -0.39 is 0 Å². The van der Waals surface area contributed by atoms with Gasteiger partial charge >= 0.3 is 0 Å². The molecule has 4 nitrogen and oxygen atoms in total. The van der Waals surface area contributed by atoms with E-state index in [-0.39, 0.29) is 11.7 Å². The summed E-state index contributed by atoms with van der Waals surface area (Å²) in [5, 5.41) is 5.07. The average molecular weight is 294 g/mol. The van der Waals surface area contributed by atoms with E-state index in [1.54, 1.807) is 0 Å². The van der Waals surface area contributed by atoms with Crippen molar-refractivity contribution in [2.45, 2.75) is 25.7 Å². The zero-order chi connectivity index (χ0) is 14.4. The van der Waals surface area contributed by atoms with Gasteiger partial charge < -0.3 is 10.2 Å². The first-order valence-corrected chi connectivity index (χ1v) is 8.07. The third kappa shape index (κ3) is 4.15. The highest BCUT2D eigenvalue weighted by atomic mass is 32.1. The van der Waals surface area contributed by atoms with Crippen LogP contribution in [-0.4, -0.2) is 43.3 Å². The standard InChI is InChI=1S/C15H22N2O2S/c1-16-10-12-4-2-8-17(11-12)15(19)7-6-13(18)14-5-3-9-20-14/h3,5,9,12,16H,2,4,6-8,10-11H2,1H3. The third-order valence-corrected chi connectivity index (χ3v) is 4.64. The summed E-state index contributed by atoms with van der Waals surface area (Å²) in [7, 11) is 1.94. The molecule has 110 valence electrons. The van der Waals surface area contributed by atoms with Crippen LogP contribution in [0.4, 0.5) is 0 Å². The highest BCUT2D eigenvalue weighted by Crippen LogP contribution is 2.18. The molecule has 1 amide bonds. The lowest BCUT2D eigenvalue weighted by molar-refractivity contribution is -0.132. The lowest BCUT2D eigenvalue weighted by Crippen LogP contribution is -2.42. The molecule has 5 heteroatoms. The normalized spacial score (nSPS) is 19.1. The van der Waals surface area contributed by atoms with E-state index in [2.05, 4.69) is 5.32 Å². The molecule has 1 aliphatic rings. The first-order valence-electron chi connectivity index (χ1n) is 7.19. The molecule has 1 unspecified atom stereocenters. The highest BCUT2D eigenvalue weighted by Gasteiger charge is 2.23. The monoisotopic (exact) mass is 294 g/mol. The smallest absolute Gasteiger partial charge is 0.223 e. The number of piperidine rings is 1. The fourth-order valence-corrected chi connectivity index (χ4v) is 3.38. The van der Waals surface area contributed by atoms with Gasteiger partial charge in [0.15, 0.2) is 5.78 Å². The molecule has 1 N–H and O–H groups in total. The summed E-state index contributed by atoms with van der Waals surface area (Å²) in [6, 6.07) is 3.69. The van der Waals surface area contributed by atoms with Crippen LogP contribution in [0.2, 0.25) is 0 Å². The van der Waals surface area contributed by atoms with Crippen molar-refractivity contribution in [3.63, 3.8) is 0 Å². The van der Waals surface area contributed by atoms with Crippen molar-refractivity contribution in [1.29, 1.82) is 0 Å². The first kappa shape index (κ1) is 15.2. The number of carbonyl (C=O) groups excluding carboxylic acids is 2. The Hall–Kier alpha value is -1.20. The number of nitrogens with one attached hydrogen (secondary N) is 1. The second kappa shape index (κ2) is 7.55. The van der Waals surface area contributed by atoms with Crippen LogP contribution in [0.15, 0.2) is 17.5 Å². The van der Waals surface area contributed by atoms with Gasteiger partial charge in [-0.3, -0.25) is 9.59 Å². The van der Waals surface area contributed by atoms with Crippen molar-refractivity contribution in [1.82, 2.24) is 10.2 Å². The van der Waals surface area contributed by atoms with Gasteiger partial charge in [-0.05, 0) is 43.8 Å². The summed E-state index contributed by atoms with van der Waals surface area (Å²) in [4.78, 5) is 26.7. The van der Waals surface area contributed by atoms with Crippen molar-refractivity contribution in [2.24, 2.45) is 5.92 Å². The average Bonchev–Trinajstić information content (AvgIpc) is 2.99. The number of ketones is 1.